The van der Waals surface area contributed by atoms with Gasteiger partial charge in [-0.3, -0.25) is 15.6 Å². The van der Waals surface area contributed by atoms with Crippen molar-refractivity contribution in [3.8, 4) is 28.4 Å². The molecule has 8 heteroatoms. The van der Waals surface area contributed by atoms with Crippen LogP contribution in [-0.2, 0) is 4.79 Å². The minimum Gasteiger partial charge on any atom is -0.497 e. The Bertz CT molecular complexity index is 1030. The number of methoxy groups -OCH3 is 2. The van der Waals surface area contributed by atoms with Crippen LogP contribution in [0.2, 0.25) is 0 Å². The summed E-state index contributed by atoms with van der Waals surface area (Å²) in [5.74, 6) is 1.43. The molecular weight excluding hydrogens is 414 g/mol. The van der Waals surface area contributed by atoms with Crippen molar-refractivity contribution in [3.05, 3.63) is 72.8 Å². The molecule has 0 saturated heterocycles. The van der Waals surface area contributed by atoms with E-state index in [9.17, 15) is 4.79 Å². The smallest absolute Gasteiger partial charge is 0.276 e. The molecule has 31 heavy (non-hydrogen) atoms. The molecular formula is C23H23N3O4S. The third kappa shape index (κ3) is 6.35. The molecule has 0 aliphatic carbocycles. The number of thiocarbonyl (C=S) groups is 1. The molecule has 0 unspecified atom stereocenters. The average Bonchev–Trinajstić information content (AvgIpc) is 2.82. The molecule has 3 N–H and O–H groups in total. The summed E-state index contributed by atoms with van der Waals surface area (Å²) in [5, 5.41) is 3.15. The molecule has 0 radical (unpaired) electrons. The fourth-order valence-electron chi connectivity index (χ4n) is 2.74. The van der Waals surface area contributed by atoms with E-state index in [2.05, 4.69) is 16.2 Å². The number of amides is 1. The summed E-state index contributed by atoms with van der Waals surface area (Å²) in [5.41, 5.74) is 7.94. The molecule has 0 bridgehead atoms. The van der Waals surface area contributed by atoms with Crippen LogP contribution >= 0.6 is 12.2 Å². The van der Waals surface area contributed by atoms with Crippen LogP contribution < -0.4 is 30.4 Å². The molecule has 3 rings (SSSR count). The molecule has 0 aliphatic heterocycles. The van der Waals surface area contributed by atoms with E-state index >= 15 is 0 Å². The van der Waals surface area contributed by atoms with Gasteiger partial charge in [0.05, 0.1) is 19.9 Å². The first-order chi connectivity index (χ1) is 15.1. The summed E-state index contributed by atoms with van der Waals surface area (Å²) < 4.78 is 16.0. The van der Waals surface area contributed by atoms with E-state index in [0.29, 0.717) is 22.9 Å². The number of carbonyl (C=O) groups is 1. The molecule has 7 nitrogen and oxygen atoms in total. The fraction of sp³-hybridized carbons (Fsp3) is 0.130. The Morgan fingerprint density at radius 2 is 1.52 bits per heavy atom. The number of anilines is 1. The van der Waals surface area contributed by atoms with Crippen molar-refractivity contribution in [2.24, 2.45) is 0 Å². The summed E-state index contributed by atoms with van der Waals surface area (Å²) in [4.78, 5) is 12.0. The first-order valence-electron chi connectivity index (χ1n) is 9.45. The molecule has 3 aromatic carbocycles. The Hall–Kier alpha value is -3.78. The maximum atomic E-state index is 12.0. The largest absolute Gasteiger partial charge is 0.497 e. The number of ether oxygens (including phenoxy) is 3. The minimum atomic E-state index is -0.377. The van der Waals surface area contributed by atoms with Crippen LogP contribution in [0.25, 0.3) is 11.1 Å². The number of carbonyl (C=O) groups excluding carboxylic acids is 1. The van der Waals surface area contributed by atoms with Gasteiger partial charge in [0.15, 0.2) is 11.7 Å². The van der Waals surface area contributed by atoms with Crippen molar-refractivity contribution in [2.45, 2.75) is 0 Å². The van der Waals surface area contributed by atoms with Gasteiger partial charge in [0.2, 0.25) is 0 Å². The lowest BCUT2D eigenvalue weighted by Gasteiger charge is -2.15. The van der Waals surface area contributed by atoms with Gasteiger partial charge in [0.25, 0.3) is 5.91 Å². The van der Waals surface area contributed by atoms with E-state index in [-0.39, 0.29) is 17.6 Å². The quantitative estimate of drug-likeness (QED) is 0.384. The van der Waals surface area contributed by atoms with Gasteiger partial charge in [-0.05, 0) is 47.6 Å². The van der Waals surface area contributed by atoms with Gasteiger partial charge in [-0.25, -0.2) is 0 Å². The number of benzene rings is 3. The van der Waals surface area contributed by atoms with Crippen molar-refractivity contribution in [3.63, 3.8) is 0 Å². The lowest BCUT2D eigenvalue weighted by atomic mass is 10.1. The monoisotopic (exact) mass is 437 g/mol. The first-order valence-corrected chi connectivity index (χ1v) is 9.86. The van der Waals surface area contributed by atoms with Gasteiger partial charge < -0.3 is 19.5 Å². The van der Waals surface area contributed by atoms with Crippen LogP contribution in [0.1, 0.15) is 0 Å². The SMILES string of the molecule is COc1ccc(NC(=S)NNC(=O)COc2ccc(-c3ccccc3)cc2)c(OC)c1. The maximum Gasteiger partial charge on any atom is 0.276 e. The molecule has 1 amide bonds. The highest BCUT2D eigenvalue weighted by Crippen LogP contribution is 2.28. The predicted octanol–water partition coefficient (Wildman–Crippen LogP) is 3.77. The number of rotatable bonds is 7. The molecule has 0 atom stereocenters. The third-order valence-electron chi connectivity index (χ3n) is 4.30. The van der Waals surface area contributed by atoms with Gasteiger partial charge in [-0.1, -0.05) is 42.5 Å². The van der Waals surface area contributed by atoms with Gasteiger partial charge in [-0.15, -0.1) is 0 Å². The molecule has 160 valence electrons. The Labute approximate surface area is 186 Å². The summed E-state index contributed by atoms with van der Waals surface area (Å²) in [6.45, 7) is -0.161. The molecule has 0 spiro atoms. The Balaban J connectivity index is 1.44. The molecule has 0 heterocycles. The normalized spacial score (nSPS) is 10.0. The predicted molar refractivity (Wildman–Crippen MR) is 124 cm³/mol. The van der Waals surface area contributed by atoms with E-state index in [0.717, 1.165) is 11.1 Å². The van der Waals surface area contributed by atoms with Crippen molar-refractivity contribution in [1.82, 2.24) is 10.9 Å². The summed E-state index contributed by atoms with van der Waals surface area (Å²) in [6.07, 6.45) is 0. The maximum absolute atomic E-state index is 12.0. The van der Waals surface area contributed by atoms with Crippen molar-refractivity contribution >= 4 is 28.9 Å². The van der Waals surface area contributed by atoms with Crippen molar-refractivity contribution < 1.29 is 19.0 Å². The standard InChI is InChI=1S/C23H23N3O4S/c1-28-19-12-13-20(21(14-19)29-2)24-23(31)26-25-22(27)15-30-18-10-8-17(9-11-18)16-6-4-3-5-7-16/h3-14H,15H2,1-2H3,(H,25,27)(H2,24,26,31). The van der Waals surface area contributed by atoms with Gasteiger partial charge in [0.1, 0.15) is 17.2 Å². The highest BCUT2D eigenvalue weighted by molar-refractivity contribution is 7.80. The molecule has 0 aromatic heterocycles. The van der Waals surface area contributed by atoms with E-state index in [4.69, 9.17) is 26.4 Å². The lowest BCUT2D eigenvalue weighted by molar-refractivity contribution is -0.123. The number of hydrogen-bond donors (Lipinski definition) is 3. The Kier molecular flexibility index (Phi) is 7.67. The van der Waals surface area contributed by atoms with Crippen molar-refractivity contribution in [1.29, 1.82) is 0 Å². The van der Waals surface area contributed by atoms with Crippen molar-refractivity contribution in [2.75, 3.05) is 26.1 Å². The summed E-state index contributed by atoms with van der Waals surface area (Å²) >= 11 is 5.20. The van der Waals surface area contributed by atoms with Crippen LogP contribution in [0.15, 0.2) is 72.8 Å². The second kappa shape index (κ2) is 10.8. The number of hydrazine groups is 1. The zero-order chi connectivity index (χ0) is 22.1. The highest BCUT2D eigenvalue weighted by Gasteiger charge is 2.08. The minimum absolute atomic E-state index is 0.161. The van der Waals surface area contributed by atoms with E-state index < -0.39 is 0 Å². The average molecular weight is 438 g/mol. The Morgan fingerprint density at radius 3 is 2.19 bits per heavy atom. The van der Waals surface area contributed by atoms with Gasteiger partial charge >= 0.3 is 0 Å². The molecule has 3 aromatic rings. The van der Waals surface area contributed by atoms with Crippen LogP contribution in [0.5, 0.6) is 17.2 Å². The third-order valence-corrected chi connectivity index (χ3v) is 4.51. The summed E-state index contributed by atoms with van der Waals surface area (Å²) in [7, 11) is 3.12. The van der Waals surface area contributed by atoms with Crippen LogP contribution in [-0.4, -0.2) is 31.8 Å². The lowest BCUT2D eigenvalue weighted by Crippen LogP contribution is -2.45. The van der Waals surface area contributed by atoms with E-state index in [1.165, 1.54) is 0 Å². The van der Waals surface area contributed by atoms with E-state index in [1.54, 1.807) is 32.4 Å². The van der Waals surface area contributed by atoms with Crippen LogP contribution in [0.3, 0.4) is 0 Å². The number of hydrogen-bond acceptors (Lipinski definition) is 5. The first kappa shape index (κ1) is 21.9. The van der Waals surface area contributed by atoms with E-state index in [1.807, 2.05) is 54.6 Å². The second-order valence-electron chi connectivity index (χ2n) is 6.37. The highest BCUT2D eigenvalue weighted by atomic mass is 32.1. The molecule has 0 aliphatic rings. The zero-order valence-corrected chi connectivity index (χ0v) is 18.0. The number of nitrogens with one attached hydrogen (secondary N) is 3. The molecule has 0 saturated carbocycles. The van der Waals surface area contributed by atoms with Crippen LogP contribution in [0, 0.1) is 0 Å². The Morgan fingerprint density at radius 1 is 0.839 bits per heavy atom. The molecule has 0 fully saturated rings. The second-order valence-corrected chi connectivity index (χ2v) is 6.78. The zero-order valence-electron chi connectivity index (χ0n) is 17.2. The summed E-state index contributed by atoms with van der Waals surface area (Å²) in [6, 6.07) is 22.8. The fourth-order valence-corrected chi connectivity index (χ4v) is 2.90. The van der Waals surface area contributed by atoms with Gasteiger partial charge in [0, 0.05) is 6.07 Å². The van der Waals surface area contributed by atoms with Crippen LogP contribution in [0.4, 0.5) is 5.69 Å². The van der Waals surface area contributed by atoms with Gasteiger partial charge in [-0.2, -0.15) is 0 Å². The topological polar surface area (TPSA) is 80.9 Å².